The summed E-state index contributed by atoms with van der Waals surface area (Å²) >= 11 is 0. The molecule has 0 unspecified atom stereocenters. The number of methoxy groups -OCH3 is 2. The normalized spacial score (nSPS) is 12.8. The number of unbranched alkanes of at least 4 members (excludes halogenated alkanes) is 2. The molecule has 1 aliphatic heterocycles. The fraction of sp³-hybridized carbons (Fsp3) is 0.233. The molecule has 37 heavy (non-hydrogen) atoms. The van der Waals surface area contributed by atoms with Gasteiger partial charge in [-0.05, 0) is 37.0 Å². The molecule has 7 nitrogen and oxygen atoms in total. The Morgan fingerprint density at radius 1 is 0.784 bits per heavy atom. The van der Waals surface area contributed by atoms with Crippen molar-refractivity contribution < 1.29 is 23.5 Å². The summed E-state index contributed by atoms with van der Waals surface area (Å²) in [7, 11) is 3.05. The number of benzene rings is 3. The van der Waals surface area contributed by atoms with Crippen LogP contribution in [0.3, 0.4) is 0 Å². The Labute approximate surface area is 214 Å². The van der Waals surface area contributed by atoms with Crippen molar-refractivity contribution in [1.29, 1.82) is 0 Å². The molecule has 0 saturated heterocycles. The summed E-state index contributed by atoms with van der Waals surface area (Å²) in [6, 6.07) is 19.7. The Morgan fingerprint density at radius 3 is 2.14 bits per heavy atom. The number of imide groups is 1. The van der Waals surface area contributed by atoms with E-state index in [0.29, 0.717) is 45.9 Å². The number of hydrogen-bond acceptors (Lipinski definition) is 6. The number of hydrogen-bond donors (Lipinski definition) is 0. The van der Waals surface area contributed by atoms with E-state index in [0.717, 1.165) is 36.8 Å². The van der Waals surface area contributed by atoms with Gasteiger partial charge in [-0.3, -0.25) is 19.3 Å². The fourth-order valence-corrected chi connectivity index (χ4v) is 4.70. The highest BCUT2D eigenvalue weighted by molar-refractivity contribution is 6.21. The van der Waals surface area contributed by atoms with Gasteiger partial charge in [0.25, 0.3) is 11.8 Å². The predicted octanol–water partition coefficient (Wildman–Crippen LogP) is 5.49. The van der Waals surface area contributed by atoms with Crippen LogP contribution in [-0.4, -0.2) is 37.5 Å². The molecule has 1 aliphatic rings. The average Bonchev–Trinajstić information content (AvgIpc) is 3.17. The summed E-state index contributed by atoms with van der Waals surface area (Å²) in [6.45, 7) is 0.432. The van der Waals surface area contributed by atoms with Gasteiger partial charge in [-0.15, -0.1) is 0 Å². The van der Waals surface area contributed by atoms with Crippen LogP contribution in [0.15, 0.2) is 75.9 Å². The van der Waals surface area contributed by atoms with E-state index in [2.05, 4.69) is 0 Å². The zero-order valence-electron chi connectivity index (χ0n) is 20.8. The molecule has 7 heteroatoms. The lowest BCUT2D eigenvalue weighted by Gasteiger charge is -2.13. The molecule has 1 aromatic heterocycles. The first-order valence-electron chi connectivity index (χ1n) is 12.2. The van der Waals surface area contributed by atoms with E-state index in [1.54, 1.807) is 43.5 Å². The molecule has 0 bridgehead atoms. The zero-order valence-corrected chi connectivity index (χ0v) is 20.8. The molecule has 0 fully saturated rings. The molecule has 0 radical (unpaired) electrons. The molecule has 0 aliphatic carbocycles. The first-order chi connectivity index (χ1) is 18.0. The highest BCUT2D eigenvalue weighted by Gasteiger charge is 2.34. The minimum absolute atomic E-state index is 0.183. The quantitative estimate of drug-likeness (QED) is 0.225. The molecule has 2 heterocycles. The third-order valence-corrected chi connectivity index (χ3v) is 6.69. The molecule has 3 aromatic carbocycles. The maximum atomic E-state index is 12.8. The molecule has 0 saturated carbocycles. The minimum atomic E-state index is -0.201. The van der Waals surface area contributed by atoms with Crippen LogP contribution < -0.4 is 14.9 Å². The van der Waals surface area contributed by atoms with Crippen molar-refractivity contribution in [2.45, 2.75) is 25.7 Å². The maximum Gasteiger partial charge on any atom is 0.261 e. The molecule has 0 spiro atoms. The monoisotopic (exact) mass is 497 g/mol. The van der Waals surface area contributed by atoms with E-state index >= 15 is 0 Å². The zero-order chi connectivity index (χ0) is 25.9. The van der Waals surface area contributed by atoms with Gasteiger partial charge in [0.1, 0.15) is 28.2 Å². The second-order valence-corrected chi connectivity index (χ2v) is 8.99. The smallest absolute Gasteiger partial charge is 0.261 e. The highest BCUT2D eigenvalue weighted by atomic mass is 16.5. The van der Waals surface area contributed by atoms with Gasteiger partial charge >= 0.3 is 0 Å². The third kappa shape index (κ3) is 4.72. The number of aryl methyl sites for hydroxylation is 1. The van der Waals surface area contributed by atoms with Gasteiger partial charge < -0.3 is 13.9 Å². The van der Waals surface area contributed by atoms with Gasteiger partial charge in [0, 0.05) is 30.3 Å². The van der Waals surface area contributed by atoms with Crippen molar-refractivity contribution >= 4 is 22.8 Å². The first kappa shape index (κ1) is 24.3. The number of fused-ring (bicyclic) bond motifs is 2. The lowest BCUT2D eigenvalue weighted by molar-refractivity contribution is 0.0651. The number of ether oxygens (including phenoxy) is 2. The first-order valence-corrected chi connectivity index (χ1v) is 12.2. The molecule has 188 valence electrons. The summed E-state index contributed by atoms with van der Waals surface area (Å²) in [5, 5.41) is 0.380. The molecule has 0 atom stereocenters. The van der Waals surface area contributed by atoms with E-state index in [1.807, 2.05) is 24.3 Å². The van der Waals surface area contributed by atoms with Crippen molar-refractivity contribution in [3.05, 3.63) is 93.6 Å². The molecular weight excluding hydrogens is 470 g/mol. The summed E-state index contributed by atoms with van der Waals surface area (Å²) in [4.78, 5) is 39.1. The van der Waals surface area contributed by atoms with Crippen molar-refractivity contribution in [3.63, 3.8) is 0 Å². The molecular formula is C30H27NO6. The van der Waals surface area contributed by atoms with E-state index in [9.17, 15) is 14.4 Å². The van der Waals surface area contributed by atoms with E-state index in [4.69, 9.17) is 13.9 Å². The lowest BCUT2D eigenvalue weighted by Crippen LogP contribution is -2.30. The summed E-state index contributed by atoms with van der Waals surface area (Å²) < 4.78 is 16.7. The van der Waals surface area contributed by atoms with Gasteiger partial charge in [0.2, 0.25) is 0 Å². The summed E-state index contributed by atoms with van der Waals surface area (Å²) in [6.07, 6.45) is 3.47. The van der Waals surface area contributed by atoms with Crippen LogP contribution in [0.4, 0.5) is 0 Å². The largest absolute Gasteiger partial charge is 0.496 e. The summed E-state index contributed by atoms with van der Waals surface area (Å²) in [5.74, 6) is 1.03. The van der Waals surface area contributed by atoms with Crippen LogP contribution in [0.25, 0.3) is 22.3 Å². The van der Waals surface area contributed by atoms with Crippen LogP contribution in [-0.2, 0) is 6.42 Å². The molecule has 0 N–H and O–H groups in total. The second kappa shape index (κ2) is 10.3. The van der Waals surface area contributed by atoms with Gasteiger partial charge in [0.05, 0.1) is 25.3 Å². The van der Waals surface area contributed by atoms with E-state index in [1.165, 1.54) is 18.1 Å². The minimum Gasteiger partial charge on any atom is -0.496 e. The number of amides is 2. The fourth-order valence-electron chi connectivity index (χ4n) is 4.70. The topological polar surface area (TPSA) is 86.0 Å². The predicted molar refractivity (Wildman–Crippen MR) is 140 cm³/mol. The third-order valence-electron chi connectivity index (χ3n) is 6.69. The van der Waals surface area contributed by atoms with Crippen LogP contribution in [0.2, 0.25) is 0 Å². The summed E-state index contributed by atoms with van der Waals surface area (Å²) in [5.41, 5.74) is 3.17. The Kier molecular flexibility index (Phi) is 6.77. The Balaban J connectivity index is 1.19. The molecule has 4 aromatic rings. The Bertz CT molecular complexity index is 1500. The van der Waals surface area contributed by atoms with Crippen LogP contribution in [0.1, 0.15) is 45.5 Å². The molecule has 2 amide bonds. The van der Waals surface area contributed by atoms with Gasteiger partial charge in [0.15, 0.2) is 5.43 Å². The van der Waals surface area contributed by atoms with Crippen molar-refractivity contribution in [3.8, 4) is 22.8 Å². The van der Waals surface area contributed by atoms with E-state index in [-0.39, 0.29) is 17.2 Å². The van der Waals surface area contributed by atoms with Gasteiger partial charge in [-0.2, -0.15) is 0 Å². The SMILES string of the molecule is COc1cc(OC)c2c(=O)cc(-c3ccc(CCCCCN4C(=O)c5ccccc5C4=O)cc3)oc2c1. The maximum absolute atomic E-state index is 12.8. The van der Waals surface area contributed by atoms with Gasteiger partial charge in [-0.1, -0.05) is 42.8 Å². The lowest BCUT2D eigenvalue weighted by atomic mass is 10.0. The van der Waals surface area contributed by atoms with Crippen LogP contribution in [0.5, 0.6) is 11.5 Å². The highest BCUT2D eigenvalue weighted by Crippen LogP contribution is 2.32. The van der Waals surface area contributed by atoms with E-state index < -0.39 is 0 Å². The average molecular weight is 498 g/mol. The molecule has 5 rings (SSSR count). The van der Waals surface area contributed by atoms with Crippen LogP contribution in [0, 0.1) is 0 Å². The van der Waals surface area contributed by atoms with Crippen molar-refractivity contribution in [2.75, 3.05) is 20.8 Å². The standard InChI is InChI=1S/C30H27NO6/c1-35-21-16-26(36-2)28-24(32)18-25(37-27(28)17-21)20-13-11-19(12-14-20)8-4-3-7-15-31-29(33)22-9-5-6-10-23(22)30(31)34/h5-6,9-14,16-18H,3-4,7-8,15H2,1-2H3. The van der Waals surface area contributed by atoms with Crippen molar-refractivity contribution in [2.24, 2.45) is 0 Å². The number of carbonyl (C=O) groups is 2. The number of carbonyl (C=O) groups excluding carboxylic acids is 2. The Morgan fingerprint density at radius 2 is 1.49 bits per heavy atom. The Hall–Kier alpha value is -4.39. The number of nitrogens with zero attached hydrogens (tertiary/aromatic N) is 1. The van der Waals surface area contributed by atoms with Gasteiger partial charge in [-0.25, -0.2) is 0 Å². The second-order valence-electron chi connectivity index (χ2n) is 8.99. The van der Waals surface area contributed by atoms with Crippen LogP contribution >= 0.6 is 0 Å². The number of rotatable bonds is 9. The van der Waals surface area contributed by atoms with Crippen molar-refractivity contribution in [1.82, 2.24) is 4.90 Å².